The van der Waals surface area contributed by atoms with Gasteiger partial charge in [0.15, 0.2) is 0 Å². The van der Waals surface area contributed by atoms with Crippen LogP contribution < -0.4 is 0 Å². The van der Waals surface area contributed by atoms with Crippen molar-refractivity contribution in [3.8, 4) is 0 Å². The van der Waals surface area contributed by atoms with Gasteiger partial charge in [0.1, 0.15) is 11.0 Å². The molecular weight excluding hydrogens is 342 g/mol. The van der Waals surface area contributed by atoms with Gasteiger partial charge in [0.2, 0.25) is 0 Å². The number of aryl methyl sites for hydroxylation is 1. The maximum Gasteiger partial charge on any atom is 0.125 e. The molecule has 0 aliphatic rings. The number of pyridine rings is 1. The van der Waals surface area contributed by atoms with Gasteiger partial charge in [-0.1, -0.05) is 30.3 Å². The molecule has 0 aliphatic heterocycles. The molecule has 0 saturated carbocycles. The second-order valence-corrected chi connectivity index (χ2v) is 6.26. The van der Waals surface area contributed by atoms with Crippen LogP contribution in [0.15, 0.2) is 53.3 Å². The Bertz CT molecular complexity index is 742. The molecule has 2 aromatic heterocycles. The molecule has 1 aromatic carbocycles. The molecule has 1 atom stereocenters. The normalized spacial score (nSPS) is 12.6. The van der Waals surface area contributed by atoms with Crippen molar-refractivity contribution >= 4 is 27.0 Å². The van der Waals surface area contributed by atoms with Gasteiger partial charge >= 0.3 is 0 Å². The minimum Gasteiger partial charge on any atom is -0.393 e. The Balaban J connectivity index is 1.52. The Labute approximate surface area is 137 Å². The molecule has 0 spiro atoms. The second kappa shape index (κ2) is 7.03. The number of nitrogens with zero attached hydrogens (tertiary/aromatic N) is 3. The molecule has 4 nitrogen and oxygen atoms in total. The lowest BCUT2D eigenvalue weighted by atomic mass is 10.0. The summed E-state index contributed by atoms with van der Waals surface area (Å²) in [6, 6.07) is 12.0. The zero-order valence-electron chi connectivity index (χ0n) is 12.2. The predicted molar refractivity (Wildman–Crippen MR) is 90.6 cm³/mol. The number of halogens is 1. The van der Waals surface area contributed by atoms with E-state index in [0.29, 0.717) is 6.42 Å². The molecule has 0 radical (unpaired) electrons. The molecule has 1 N–H and O–H groups in total. The van der Waals surface area contributed by atoms with Crippen molar-refractivity contribution in [3.63, 3.8) is 0 Å². The maximum atomic E-state index is 10.1. The summed E-state index contributed by atoms with van der Waals surface area (Å²) >= 11 is 3.48. The quantitative estimate of drug-likeness (QED) is 0.731. The summed E-state index contributed by atoms with van der Waals surface area (Å²) in [6.07, 6.45) is 5.76. The van der Waals surface area contributed by atoms with Crippen molar-refractivity contribution in [1.29, 1.82) is 0 Å². The summed E-state index contributed by atoms with van der Waals surface area (Å²) in [6.45, 7) is 0.786. The average Bonchev–Trinajstić information content (AvgIpc) is 2.93. The van der Waals surface area contributed by atoms with Crippen LogP contribution in [0.2, 0.25) is 0 Å². The fourth-order valence-electron chi connectivity index (χ4n) is 2.53. The predicted octanol–water partition coefficient (Wildman–Crippen LogP) is 3.58. The van der Waals surface area contributed by atoms with E-state index in [1.807, 2.05) is 47.3 Å². The van der Waals surface area contributed by atoms with Crippen LogP contribution in [-0.2, 0) is 13.0 Å². The van der Waals surface area contributed by atoms with Crippen molar-refractivity contribution in [2.75, 3.05) is 0 Å². The molecule has 3 aromatic rings. The monoisotopic (exact) mass is 359 g/mol. The van der Waals surface area contributed by atoms with Crippen LogP contribution in [0, 0.1) is 0 Å². The standard InChI is InChI=1S/C17H18BrN3O/c18-15-8-9-19-16-12-21(20-17(15)16)10-4-7-14(22)11-13-5-2-1-3-6-13/h1-3,5-6,8-9,12,14,22H,4,7,10-11H2. The van der Waals surface area contributed by atoms with Crippen LogP contribution in [0.3, 0.4) is 0 Å². The first kappa shape index (κ1) is 15.2. The molecule has 5 heteroatoms. The van der Waals surface area contributed by atoms with Gasteiger partial charge in [-0.15, -0.1) is 0 Å². The van der Waals surface area contributed by atoms with Gasteiger partial charge in [0.25, 0.3) is 0 Å². The first-order valence-electron chi connectivity index (χ1n) is 7.42. The number of hydrogen-bond acceptors (Lipinski definition) is 3. The zero-order chi connectivity index (χ0) is 15.4. The van der Waals surface area contributed by atoms with Gasteiger partial charge in [-0.25, -0.2) is 0 Å². The van der Waals surface area contributed by atoms with Gasteiger partial charge in [0.05, 0.1) is 12.3 Å². The lowest BCUT2D eigenvalue weighted by Crippen LogP contribution is -2.12. The van der Waals surface area contributed by atoms with E-state index >= 15 is 0 Å². The van der Waals surface area contributed by atoms with E-state index in [2.05, 4.69) is 26.0 Å². The molecule has 0 saturated heterocycles. The molecule has 1 unspecified atom stereocenters. The van der Waals surface area contributed by atoms with Crippen LogP contribution >= 0.6 is 15.9 Å². The van der Waals surface area contributed by atoms with Crippen molar-refractivity contribution in [2.24, 2.45) is 0 Å². The summed E-state index contributed by atoms with van der Waals surface area (Å²) in [5, 5.41) is 14.6. The first-order valence-corrected chi connectivity index (χ1v) is 8.21. The zero-order valence-corrected chi connectivity index (χ0v) is 13.8. The highest BCUT2D eigenvalue weighted by molar-refractivity contribution is 9.10. The number of fused-ring (bicyclic) bond motifs is 1. The van der Waals surface area contributed by atoms with Gasteiger partial charge in [-0.05, 0) is 46.8 Å². The number of aromatic nitrogens is 3. The van der Waals surface area contributed by atoms with Gasteiger partial charge < -0.3 is 5.11 Å². The lowest BCUT2D eigenvalue weighted by molar-refractivity contribution is 0.159. The number of aliphatic hydroxyl groups is 1. The van der Waals surface area contributed by atoms with Crippen LogP contribution in [-0.4, -0.2) is 26.0 Å². The van der Waals surface area contributed by atoms with Crippen molar-refractivity contribution in [1.82, 2.24) is 14.8 Å². The maximum absolute atomic E-state index is 10.1. The van der Waals surface area contributed by atoms with E-state index in [0.717, 1.165) is 34.9 Å². The van der Waals surface area contributed by atoms with E-state index in [1.165, 1.54) is 5.56 Å². The Morgan fingerprint density at radius 1 is 1.18 bits per heavy atom. The number of aliphatic hydroxyl groups excluding tert-OH is 1. The summed E-state index contributed by atoms with van der Waals surface area (Å²) < 4.78 is 2.86. The van der Waals surface area contributed by atoms with Gasteiger partial charge in [-0.2, -0.15) is 5.10 Å². The van der Waals surface area contributed by atoms with Crippen LogP contribution in [0.25, 0.3) is 11.0 Å². The van der Waals surface area contributed by atoms with Gasteiger partial charge in [0, 0.05) is 17.2 Å². The minimum atomic E-state index is -0.308. The van der Waals surface area contributed by atoms with Gasteiger partial charge in [-0.3, -0.25) is 9.67 Å². The number of rotatable bonds is 6. The fraction of sp³-hybridized carbons (Fsp3) is 0.294. The smallest absolute Gasteiger partial charge is 0.125 e. The Kier molecular flexibility index (Phi) is 4.85. The minimum absolute atomic E-state index is 0.308. The molecule has 114 valence electrons. The molecule has 22 heavy (non-hydrogen) atoms. The van der Waals surface area contributed by atoms with Crippen molar-refractivity contribution in [3.05, 3.63) is 58.8 Å². The third-order valence-corrected chi connectivity index (χ3v) is 4.28. The highest BCUT2D eigenvalue weighted by atomic mass is 79.9. The SMILES string of the molecule is OC(CCCn1cc2nccc(Br)c2n1)Cc1ccccc1. The summed E-state index contributed by atoms with van der Waals surface area (Å²) in [5.41, 5.74) is 2.94. The third-order valence-electron chi connectivity index (χ3n) is 3.64. The summed E-state index contributed by atoms with van der Waals surface area (Å²) in [5.74, 6) is 0. The topological polar surface area (TPSA) is 50.9 Å². The van der Waals surface area contributed by atoms with Crippen molar-refractivity contribution in [2.45, 2.75) is 31.9 Å². The van der Waals surface area contributed by atoms with E-state index in [1.54, 1.807) is 6.20 Å². The average molecular weight is 360 g/mol. The second-order valence-electron chi connectivity index (χ2n) is 5.40. The lowest BCUT2D eigenvalue weighted by Gasteiger charge is -2.10. The Morgan fingerprint density at radius 2 is 2.00 bits per heavy atom. The van der Waals surface area contributed by atoms with E-state index in [-0.39, 0.29) is 6.10 Å². The number of hydrogen-bond donors (Lipinski definition) is 1. The highest BCUT2D eigenvalue weighted by Crippen LogP contribution is 2.20. The molecular formula is C17H18BrN3O. The largest absolute Gasteiger partial charge is 0.393 e. The van der Waals surface area contributed by atoms with Crippen LogP contribution in [0.4, 0.5) is 0 Å². The van der Waals surface area contributed by atoms with E-state index in [9.17, 15) is 5.11 Å². The van der Waals surface area contributed by atoms with E-state index < -0.39 is 0 Å². The molecule has 0 bridgehead atoms. The molecule has 2 heterocycles. The third kappa shape index (κ3) is 3.72. The summed E-state index contributed by atoms with van der Waals surface area (Å²) in [4.78, 5) is 4.30. The Morgan fingerprint density at radius 3 is 2.77 bits per heavy atom. The number of benzene rings is 1. The first-order chi connectivity index (χ1) is 10.7. The van der Waals surface area contributed by atoms with E-state index in [4.69, 9.17) is 0 Å². The Hall–Kier alpha value is -1.72. The van der Waals surface area contributed by atoms with Crippen molar-refractivity contribution < 1.29 is 5.11 Å². The molecule has 0 amide bonds. The van der Waals surface area contributed by atoms with Crippen LogP contribution in [0.1, 0.15) is 18.4 Å². The van der Waals surface area contributed by atoms with Crippen LogP contribution in [0.5, 0.6) is 0 Å². The molecule has 3 rings (SSSR count). The molecule has 0 aliphatic carbocycles. The highest BCUT2D eigenvalue weighted by Gasteiger charge is 2.08. The summed E-state index contributed by atoms with van der Waals surface area (Å²) in [7, 11) is 0. The fourth-order valence-corrected chi connectivity index (χ4v) is 2.93. The molecule has 0 fully saturated rings.